The molecule has 7 heteroatoms. The highest BCUT2D eigenvalue weighted by atomic mass is 32.1. The van der Waals surface area contributed by atoms with E-state index in [1.807, 2.05) is 0 Å². The molecule has 1 N–H and O–H groups in total. The number of Topliss-reactive ketones (excluding diaryl/α,β-unsaturated/α-hetero) is 1. The van der Waals surface area contributed by atoms with Crippen molar-refractivity contribution in [1.29, 1.82) is 0 Å². The lowest BCUT2D eigenvalue weighted by Crippen LogP contribution is -2.01. The van der Waals surface area contributed by atoms with Gasteiger partial charge in [-0.05, 0) is 6.07 Å². The van der Waals surface area contributed by atoms with E-state index in [-0.39, 0.29) is 18.6 Å². The lowest BCUT2D eigenvalue weighted by Gasteiger charge is -1.99. The number of carbonyl (C=O) groups is 2. The van der Waals surface area contributed by atoms with Crippen LogP contribution < -0.4 is 4.74 Å². The van der Waals surface area contributed by atoms with Crippen molar-refractivity contribution in [1.82, 2.24) is 4.98 Å². The summed E-state index contributed by atoms with van der Waals surface area (Å²) in [5.74, 6) is -0.611. The zero-order valence-electron chi connectivity index (χ0n) is 11.1. The summed E-state index contributed by atoms with van der Waals surface area (Å²) in [4.78, 5) is 27.2. The first-order valence-corrected chi connectivity index (χ1v) is 7.00. The minimum absolute atomic E-state index is 0.0127. The minimum atomic E-state index is -0.981. The van der Waals surface area contributed by atoms with Crippen LogP contribution >= 0.6 is 11.3 Å². The van der Waals surface area contributed by atoms with E-state index in [4.69, 9.17) is 14.3 Å². The first-order chi connectivity index (χ1) is 10.1. The molecule has 21 heavy (non-hydrogen) atoms. The smallest absolute Gasteiger partial charge is 0.303 e. The second kappa shape index (κ2) is 5.17. The van der Waals surface area contributed by atoms with E-state index in [2.05, 4.69) is 4.98 Å². The third kappa shape index (κ3) is 2.36. The molecule has 108 valence electrons. The fourth-order valence-corrected chi connectivity index (χ4v) is 3.19. The van der Waals surface area contributed by atoms with Crippen molar-refractivity contribution >= 4 is 44.3 Å². The Balaban J connectivity index is 2.07. The molecule has 0 unspecified atom stereocenters. The summed E-state index contributed by atoms with van der Waals surface area (Å²) in [6.07, 6.45) is 1.15. The largest absolute Gasteiger partial charge is 0.493 e. The number of hydrogen-bond acceptors (Lipinski definition) is 6. The number of aliphatic carboxylic acids is 1. The number of nitrogens with zero attached hydrogens (tertiary/aromatic N) is 1. The van der Waals surface area contributed by atoms with Crippen molar-refractivity contribution in [3.63, 3.8) is 0 Å². The molecule has 0 fully saturated rings. The van der Waals surface area contributed by atoms with Crippen molar-refractivity contribution in [3.05, 3.63) is 23.4 Å². The first-order valence-electron chi connectivity index (χ1n) is 6.19. The number of benzene rings is 1. The Bertz CT molecular complexity index is 848. The Kier molecular flexibility index (Phi) is 3.34. The van der Waals surface area contributed by atoms with Crippen molar-refractivity contribution in [3.8, 4) is 5.75 Å². The highest BCUT2D eigenvalue weighted by molar-refractivity contribution is 7.21. The Morgan fingerprint density at radius 1 is 1.38 bits per heavy atom. The predicted molar refractivity (Wildman–Crippen MR) is 77.1 cm³/mol. The van der Waals surface area contributed by atoms with Gasteiger partial charge < -0.3 is 14.3 Å². The van der Waals surface area contributed by atoms with Crippen LogP contribution in [0.1, 0.15) is 22.5 Å². The number of carbonyl (C=O) groups excluding carboxylic acids is 1. The maximum atomic E-state index is 12.0. The number of ether oxygens (including phenoxy) is 1. The van der Waals surface area contributed by atoms with Gasteiger partial charge in [0.1, 0.15) is 5.52 Å². The molecule has 0 aliphatic rings. The number of fused-ring (bicyclic) bond motifs is 3. The van der Waals surface area contributed by atoms with Crippen LogP contribution in [0.2, 0.25) is 0 Å². The summed E-state index contributed by atoms with van der Waals surface area (Å²) < 4.78 is 11.4. The van der Waals surface area contributed by atoms with Crippen molar-refractivity contribution in [2.24, 2.45) is 0 Å². The highest BCUT2D eigenvalue weighted by Gasteiger charge is 2.17. The number of hydrogen-bond donors (Lipinski definition) is 1. The molecule has 0 saturated heterocycles. The van der Waals surface area contributed by atoms with Gasteiger partial charge in [0.2, 0.25) is 0 Å². The van der Waals surface area contributed by atoms with Crippen LogP contribution in [0.25, 0.3) is 21.2 Å². The lowest BCUT2D eigenvalue weighted by molar-refractivity contribution is -0.136. The van der Waals surface area contributed by atoms with Gasteiger partial charge in [-0.1, -0.05) is 0 Å². The molecule has 0 spiro atoms. The molecule has 0 aliphatic heterocycles. The number of carboxylic acid groups (broad SMARTS) is 1. The van der Waals surface area contributed by atoms with E-state index in [0.717, 1.165) is 10.1 Å². The second-order valence-corrected chi connectivity index (χ2v) is 5.53. The van der Waals surface area contributed by atoms with Gasteiger partial charge in [0.25, 0.3) is 0 Å². The van der Waals surface area contributed by atoms with E-state index < -0.39 is 5.97 Å². The fraction of sp³-hybridized carbons (Fsp3) is 0.214. The lowest BCUT2D eigenvalue weighted by atomic mass is 10.1. The minimum Gasteiger partial charge on any atom is -0.493 e. The molecule has 0 saturated carbocycles. The molecular weight excluding hydrogens is 294 g/mol. The summed E-state index contributed by atoms with van der Waals surface area (Å²) >= 11 is 1.30. The average Bonchev–Trinajstić information content (AvgIpc) is 3.09. The molecular formula is C14H11NO5S. The molecule has 6 nitrogen and oxygen atoms in total. The van der Waals surface area contributed by atoms with Crippen LogP contribution in [-0.2, 0) is 4.79 Å². The van der Waals surface area contributed by atoms with Gasteiger partial charge in [0.05, 0.1) is 18.4 Å². The average molecular weight is 305 g/mol. The number of thiophene rings is 1. The maximum Gasteiger partial charge on any atom is 0.303 e. The van der Waals surface area contributed by atoms with Gasteiger partial charge in [0, 0.05) is 22.6 Å². The number of oxazole rings is 1. The number of methoxy groups -OCH3 is 1. The van der Waals surface area contributed by atoms with E-state index >= 15 is 0 Å². The van der Waals surface area contributed by atoms with Crippen LogP contribution in [0.15, 0.2) is 22.9 Å². The number of ketones is 1. The van der Waals surface area contributed by atoms with E-state index in [9.17, 15) is 9.59 Å². The summed E-state index contributed by atoms with van der Waals surface area (Å²) in [5, 5.41) is 9.45. The van der Waals surface area contributed by atoms with Crippen LogP contribution in [0.5, 0.6) is 5.75 Å². The molecule has 0 atom stereocenters. The summed E-state index contributed by atoms with van der Waals surface area (Å²) in [5.41, 5.74) is 1.17. The summed E-state index contributed by atoms with van der Waals surface area (Å²) in [6.45, 7) is 0. The number of aromatic nitrogens is 1. The van der Waals surface area contributed by atoms with Gasteiger partial charge in [-0.25, -0.2) is 4.98 Å². The van der Waals surface area contributed by atoms with Gasteiger partial charge in [-0.3, -0.25) is 9.59 Å². The number of carboxylic acids is 1. The zero-order chi connectivity index (χ0) is 15.0. The summed E-state index contributed by atoms with van der Waals surface area (Å²) in [6, 6.07) is 3.52. The normalized spacial score (nSPS) is 11.1. The Hall–Kier alpha value is -2.41. The Morgan fingerprint density at radius 3 is 2.90 bits per heavy atom. The van der Waals surface area contributed by atoms with Gasteiger partial charge in [-0.2, -0.15) is 0 Å². The van der Waals surface area contributed by atoms with Crippen molar-refractivity contribution < 1.29 is 23.8 Å². The molecule has 3 rings (SSSR count). The molecule has 3 aromatic rings. The predicted octanol–water partition coefficient (Wildman–Crippen LogP) is 3.10. The second-order valence-electron chi connectivity index (χ2n) is 4.45. The number of rotatable bonds is 5. The maximum absolute atomic E-state index is 12.0. The fourth-order valence-electron chi connectivity index (χ4n) is 2.13. The molecule has 2 aromatic heterocycles. The Morgan fingerprint density at radius 2 is 2.19 bits per heavy atom. The molecule has 2 heterocycles. The Labute approximate surface area is 123 Å². The molecule has 0 bridgehead atoms. The van der Waals surface area contributed by atoms with Crippen molar-refractivity contribution in [2.75, 3.05) is 7.11 Å². The zero-order valence-corrected chi connectivity index (χ0v) is 11.9. The monoisotopic (exact) mass is 305 g/mol. The van der Waals surface area contributed by atoms with Gasteiger partial charge in [0.15, 0.2) is 23.5 Å². The standard InChI is InChI=1S/C14H11NO5S/c1-19-9-5-10-7(13-14(9)20-6-15-13)4-11(21-10)8(16)2-3-12(17)18/h4-6H,2-3H2,1H3,(H,17,18). The van der Waals surface area contributed by atoms with Gasteiger partial charge >= 0.3 is 5.97 Å². The van der Waals surface area contributed by atoms with Crippen LogP contribution in [-0.4, -0.2) is 29.0 Å². The molecule has 0 amide bonds. The van der Waals surface area contributed by atoms with E-state index in [1.165, 1.54) is 24.8 Å². The quantitative estimate of drug-likeness (QED) is 0.728. The topological polar surface area (TPSA) is 89.6 Å². The SMILES string of the molecule is COc1cc2sc(C(=O)CCC(=O)O)cc2c2ncoc12. The third-order valence-electron chi connectivity index (χ3n) is 3.13. The van der Waals surface area contributed by atoms with Crippen LogP contribution in [0.4, 0.5) is 0 Å². The molecule has 0 aliphatic carbocycles. The van der Waals surface area contributed by atoms with E-state index in [1.54, 1.807) is 12.1 Å². The molecule has 1 aromatic carbocycles. The van der Waals surface area contributed by atoms with Gasteiger partial charge in [-0.15, -0.1) is 11.3 Å². The van der Waals surface area contributed by atoms with Crippen molar-refractivity contribution in [2.45, 2.75) is 12.8 Å². The highest BCUT2D eigenvalue weighted by Crippen LogP contribution is 2.37. The van der Waals surface area contributed by atoms with Crippen LogP contribution in [0, 0.1) is 0 Å². The molecule has 0 radical (unpaired) electrons. The summed E-state index contributed by atoms with van der Waals surface area (Å²) in [7, 11) is 1.54. The first kappa shape index (κ1) is 13.6. The van der Waals surface area contributed by atoms with E-state index in [0.29, 0.717) is 21.7 Å². The van der Waals surface area contributed by atoms with Crippen LogP contribution in [0.3, 0.4) is 0 Å². The third-order valence-corrected chi connectivity index (χ3v) is 4.25.